The molecule has 4 nitrogen and oxygen atoms in total. The van der Waals surface area contributed by atoms with E-state index in [1.54, 1.807) is 11.3 Å². The molecular weight excluding hydrogens is 268 g/mol. The molecule has 110 valence electrons. The zero-order valence-corrected chi connectivity index (χ0v) is 13.4. The molecule has 20 heavy (non-hydrogen) atoms. The van der Waals surface area contributed by atoms with E-state index in [1.165, 1.54) is 19.3 Å². The van der Waals surface area contributed by atoms with Crippen molar-refractivity contribution in [1.82, 2.24) is 9.97 Å². The first-order chi connectivity index (χ1) is 9.74. The molecule has 2 aromatic rings. The lowest BCUT2D eigenvalue weighted by Gasteiger charge is -2.15. The van der Waals surface area contributed by atoms with Gasteiger partial charge in [-0.15, -0.1) is 11.3 Å². The fraction of sp³-hybridized carbons (Fsp3) is 0.600. The van der Waals surface area contributed by atoms with E-state index >= 15 is 0 Å². The molecule has 0 amide bonds. The fourth-order valence-corrected chi connectivity index (χ4v) is 2.86. The van der Waals surface area contributed by atoms with Gasteiger partial charge in [0.15, 0.2) is 0 Å². The highest BCUT2D eigenvalue weighted by Gasteiger charge is 2.11. The summed E-state index contributed by atoms with van der Waals surface area (Å²) in [6.45, 7) is 7.49. The number of aromatic nitrogens is 2. The van der Waals surface area contributed by atoms with Crippen molar-refractivity contribution < 1.29 is 0 Å². The summed E-state index contributed by atoms with van der Waals surface area (Å²) in [7, 11) is 0. The highest BCUT2D eigenvalue weighted by molar-refractivity contribution is 7.16. The van der Waals surface area contributed by atoms with Gasteiger partial charge >= 0.3 is 0 Å². The first-order valence-corrected chi connectivity index (χ1v) is 8.38. The quantitative estimate of drug-likeness (QED) is 0.752. The number of fused-ring (bicyclic) bond motifs is 1. The van der Waals surface area contributed by atoms with E-state index in [4.69, 9.17) is 0 Å². The minimum Gasteiger partial charge on any atom is -0.367 e. The molecule has 1 atom stereocenters. The van der Waals surface area contributed by atoms with Gasteiger partial charge < -0.3 is 10.6 Å². The maximum Gasteiger partial charge on any atom is 0.226 e. The van der Waals surface area contributed by atoms with Gasteiger partial charge in [0.25, 0.3) is 0 Å². The van der Waals surface area contributed by atoms with Crippen molar-refractivity contribution in [2.45, 2.75) is 52.5 Å². The minimum absolute atomic E-state index is 0.437. The van der Waals surface area contributed by atoms with Gasteiger partial charge in [0.05, 0.1) is 5.39 Å². The molecule has 0 saturated carbocycles. The lowest BCUT2D eigenvalue weighted by atomic mass is 10.1. The molecule has 0 radical (unpaired) electrons. The number of unbranched alkanes of at least 4 members (excludes halogenated alkanes) is 1. The molecule has 1 unspecified atom stereocenters. The Hall–Kier alpha value is -1.36. The smallest absolute Gasteiger partial charge is 0.226 e. The fourth-order valence-electron chi connectivity index (χ4n) is 2.10. The minimum atomic E-state index is 0.437. The third-order valence-electron chi connectivity index (χ3n) is 3.23. The van der Waals surface area contributed by atoms with E-state index in [1.807, 2.05) is 0 Å². The molecule has 0 fully saturated rings. The van der Waals surface area contributed by atoms with Crippen molar-refractivity contribution >= 4 is 33.3 Å². The molecule has 0 bridgehead atoms. The van der Waals surface area contributed by atoms with Gasteiger partial charge in [0, 0.05) is 12.6 Å². The van der Waals surface area contributed by atoms with Crippen LogP contribution in [0.25, 0.3) is 10.2 Å². The van der Waals surface area contributed by atoms with E-state index in [0.717, 1.165) is 34.9 Å². The summed E-state index contributed by atoms with van der Waals surface area (Å²) < 4.78 is 0. The summed E-state index contributed by atoms with van der Waals surface area (Å²) in [5.41, 5.74) is 0. The molecule has 0 saturated heterocycles. The summed E-state index contributed by atoms with van der Waals surface area (Å²) in [5.74, 6) is 1.69. The van der Waals surface area contributed by atoms with E-state index < -0.39 is 0 Å². The molecule has 2 rings (SSSR count). The number of nitrogens with one attached hydrogen (secondary N) is 2. The van der Waals surface area contributed by atoms with Crippen molar-refractivity contribution in [1.29, 1.82) is 0 Å². The molecular formula is C15H24N4S. The summed E-state index contributed by atoms with van der Waals surface area (Å²) in [6.07, 6.45) is 4.71. The van der Waals surface area contributed by atoms with E-state index in [0.29, 0.717) is 6.04 Å². The van der Waals surface area contributed by atoms with Gasteiger partial charge in [-0.25, -0.2) is 4.98 Å². The zero-order chi connectivity index (χ0) is 14.4. The third kappa shape index (κ3) is 3.82. The monoisotopic (exact) mass is 292 g/mol. The molecule has 2 heterocycles. The van der Waals surface area contributed by atoms with Crippen molar-refractivity contribution in [3.05, 3.63) is 11.4 Å². The highest BCUT2D eigenvalue weighted by Crippen LogP contribution is 2.27. The van der Waals surface area contributed by atoms with E-state index in [-0.39, 0.29) is 0 Å². The summed E-state index contributed by atoms with van der Waals surface area (Å²) in [5, 5.41) is 10.0. The second-order valence-corrected chi connectivity index (χ2v) is 6.04. The molecule has 0 aliphatic carbocycles. The summed E-state index contributed by atoms with van der Waals surface area (Å²) in [4.78, 5) is 10.2. The van der Waals surface area contributed by atoms with Crippen LogP contribution in [0, 0.1) is 0 Å². The van der Waals surface area contributed by atoms with Crippen molar-refractivity contribution in [3.63, 3.8) is 0 Å². The SMILES string of the molecule is CCCCC(C)Nc1nc(NCCC)nc2sccc12. The average molecular weight is 292 g/mol. The van der Waals surface area contributed by atoms with Crippen LogP contribution in [-0.4, -0.2) is 22.6 Å². The van der Waals surface area contributed by atoms with Crippen LogP contribution in [0.5, 0.6) is 0 Å². The van der Waals surface area contributed by atoms with Gasteiger partial charge in [-0.3, -0.25) is 0 Å². The predicted octanol–water partition coefficient (Wildman–Crippen LogP) is 4.50. The normalized spacial score (nSPS) is 12.6. The number of rotatable bonds is 8. The summed E-state index contributed by atoms with van der Waals surface area (Å²) in [6, 6.07) is 2.53. The Bertz CT molecular complexity index is 538. The molecule has 5 heteroatoms. The maximum absolute atomic E-state index is 4.63. The number of anilines is 2. The Morgan fingerprint density at radius 2 is 2.10 bits per heavy atom. The largest absolute Gasteiger partial charge is 0.367 e. The zero-order valence-electron chi connectivity index (χ0n) is 12.6. The Labute approximate surface area is 125 Å². The van der Waals surface area contributed by atoms with Crippen LogP contribution in [0.4, 0.5) is 11.8 Å². The number of hydrogen-bond donors (Lipinski definition) is 2. The lowest BCUT2D eigenvalue weighted by Crippen LogP contribution is -2.17. The van der Waals surface area contributed by atoms with Crippen LogP contribution in [-0.2, 0) is 0 Å². The first-order valence-electron chi connectivity index (χ1n) is 7.50. The topological polar surface area (TPSA) is 49.8 Å². The van der Waals surface area contributed by atoms with Gasteiger partial charge in [0.1, 0.15) is 10.6 Å². The van der Waals surface area contributed by atoms with Crippen LogP contribution >= 0.6 is 11.3 Å². The van der Waals surface area contributed by atoms with Gasteiger partial charge in [-0.05, 0) is 31.2 Å². The van der Waals surface area contributed by atoms with Crippen LogP contribution in [0.2, 0.25) is 0 Å². The number of nitrogens with zero attached hydrogens (tertiary/aromatic N) is 2. The number of hydrogen-bond acceptors (Lipinski definition) is 5. The predicted molar refractivity (Wildman–Crippen MR) is 88.8 cm³/mol. The van der Waals surface area contributed by atoms with Crippen molar-refractivity contribution in [2.24, 2.45) is 0 Å². The molecule has 0 aliphatic rings. The van der Waals surface area contributed by atoms with Crippen molar-refractivity contribution in [3.8, 4) is 0 Å². The average Bonchev–Trinajstić information content (AvgIpc) is 2.91. The van der Waals surface area contributed by atoms with E-state index in [2.05, 4.69) is 52.8 Å². The van der Waals surface area contributed by atoms with Crippen LogP contribution in [0.3, 0.4) is 0 Å². The van der Waals surface area contributed by atoms with Gasteiger partial charge in [-0.2, -0.15) is 4.98 Å². The lowest BCUT2D eigenvalue weighted by molar-refractivity contribution is 0.644. The van der Waals surface area contributed by atoms with E-state index in [9.17, 15) is 0 Å². The van der Waals surface area contributed by atoms with Crippen LogP contribution in [0.1, 0.15) is 46.5 Å². The first kappa shape index (κ1) is 15.0. The molecule has 2 aromatic heterocycles. The molecule has 0 aromatic carbocycles. The Morgan fingerprint density at radius 3 is 2.85 bits per heavy atom. The maximum atomic E-state index is 4.63. The van der Waals surface area contributed by atoms with Crippen LogP contribution < -0.4 is 10.6 Å². The Balaban J connectivity index is 2.18. The van der Waals surface area contributed by atoms with Gasteiger partial charge in [0.2, 0.25) is 5.95 Å². The standard InChI is InChI=1S/C15H24N4S/c1-4-6-7-11(3)17-13-12-8-10-20-14(12)19-15(18-13)16-9-5-2/h8,10-11H,4-7,9H2,1-3H3,(H2,16,17,18,19). The number of thiophene rings is 1. The van der Waals surface area contributed by atoms with Crippen molar-refractivity contribution in [2.75, 3.05) is 17.2 Å². The molecule has 2 N–H and O–H groups in total. The summed E-state index contributed by atoms with van der Waals surface area (Å²) >= 11 is 1.66. The highest BCUT2D eigenvalue weighted by atomic mass is 32.1. The third-order valence-corrected chi connectivity index (χ3v) is 4.04. The second kappa shape index (κ2) is 7.43. The van der Waals surface area contributed by atoms with Crippen LogP contribution in [0.15, 0.2) is 11.4 Å². The molecule has 0 spiro atoms. The Morgan fingerprint density at radius 1 is 1.25 bits per heavy atom. The second-order valence-electron chi connectivity index (χ2n) is 5.15. The van der Waals surface area contributed by atoms with Gasteiger partial charge in [-0.1, -0.05) is 26.7 Å². The Kier molecular flexibility index (Phi) is 5.59. The molecule has 0 aliphatic heterocycles.